The molecule has 0 aliphatic heterocycles. The summed E-state index contributed by atoms with van der Waals surface area (Å²) in [5.74, 6) is 0.880. The first-order valence-corrected chi connectivity index (χ1v) is 7.31. The fourth-order valence-electron chi connectivity index (χ4n) is 2.92. The molecule has 3 N–H and O–H groups in total. The number of hydrogen-bond acceptors (Lipinski definition) is 2. The summed E-state index contributed by atoms with van der Waals surface area (Å²) in [5, 5.41) is 3.58. The number of benzene rings is 1. The zero-order valence-corrected chi connectivity index (χ0v) is 11.5. The number of aryl methyl sites for hydroxylation is 1. The summed E-state index contributed by atoms with van der Waals surface area (Å²) in [6.45, 7) is 2.84. The Morgan fingerprint density at radius 2 is 1.83 bits per heavy atom. The zero-order chi connectivity index (χ0) is 12.8. The highest BCUT2D eigenvalue weighted by molar-refractivity contribution is 5.45. The molecule has 1 aliphatic carbocycles. The van der Waals surface area contributed by atoms with E-state index in [4.69, 9.17) is 5.73 Å². The van der Waals surface area contributed by atoms with E-state index >= 15 is 0 Å². The van der Waals surface area contributed by atoms with Gasteiger partial charge in [0.1, 0.15) is 0 Å². The second kappa shape index (κ2) is 6.79. The van der Waals surface area contributed by atoms with Crippen molar-refractivity contribution in [3.8, 4) is 0 Å². The summed E-state index contributed by atoms with van der Waals surface area (Å²) in [5.41, 5.74) is 8.41. The maximum Gasteiger partial charge on any atom is 0.0386 e. The van der Waals surface area contributed by atoms with Gasteiger partial charge >= 0.3 is 0 Å². The third-order valence-electron chi connectivity index (χ3n) is 4.05. The van der Waals surface area contributed by atoms with E-state index in [1.807, 2.05) is 0 Å². The van der Waals surface area contributed by atoms with Gasteiger partial charge in [0, 0.05) is 18.3 Å². The first kappa shape index (κ1) is 13.4. The van der Waals surface area contributed by atoms with Crippen molar-refractivity contribution in [1.82, 2.24) is 0 Å². The van der Waals surface area contributed by atoms with E-state index in [9.17, 15) is 0 Å². The lowest BCUT2D eigenvalue weighted by atomic mass is 9.85. The third-order valence-corrected chi connectivity index (χ3v) is 4.05. The van der Waals surface area contributed by atoms with Gasteiger partial charge in [0.15, 0.2) is 0 Å². The molecule has 100 valence electrons. The van der Waals surface area contributed by atoms with Gasteiger partial charge in [0.25, 0.3) is 0 Å². The van der Waals surface area contributed by atoms with Crippen molar-refractivity contribution in [2.45, 2.75) is 51.5 Å². The van der Waals surface area contributed by atoms with Crippen LogP contribution in [0.3, 0.4) is 0 Å². The normalized spacial score (nSPS) is 18.6. The summed E-state index contributed by atoms with van der Waals surface area (Å²) in [4.78, 5) is 0. The first-order valence-electron chi connectivity index (χ1n) is 7.31. The van der Waals surface area contributed by atoms with Gasteiger partial charge in [-0.1, -0.05) is 49.8 Å². The van der Waals surface area contributed by atoms with E-state index in [-0.39, 0.29) is 0 Å². The Labute approximate surface area is 111 Å². The fraction of sp³-hybridized carbons (Fsp3) is 0.625. The van der Waals surface area contributed by atoms with Crippen LogP contribution in [0.4, 0.5) is 5.69 Å². The van der Waals surface area contributed by atoms with Gasteiger partial charge in [-0.15, -0.1) is 0 Å². The van der Waals surface area contributed by atoms with Gasteiger partial charge in [0.05, 0.1) is 0 Å². The van der Waals surface area contributed by atoms with Gasteiger partial charge in [-0.05, 0) is 31.4 Å². The van der Waals surface area contributed by atoms with Crippen molar-refractivity contribution >= 4 is 5.69 Å². The van der Waals surface area contributed by atoms with E-state index < -0.39 is 0 Å². The molecule has 1 unspecified atom stereocenters. The van der Waals surface area contributed by atoms with Crippen molar-refractivity contribution in [3.05, 3.63) is 29.8 Å². The van der Waals surface area contributed by atoms with Crippen LogP contribution in [-0.2, 0) is 0 Å². The van der Waals surface area contributed by atoms with E-state index in [2.05, 4.69) is 36.5 Å². The minimum Gasteiger partial charge on any atom is -0.381 e. The van der Waals surface area contributed by atoms with Gasteiger partial charge in [-0.2, -0.15) is 0 Å². The number of nitrogens with one attached hydrogen (secondary N) is 1. The molecule has 18 heavy (non-hydrogen) atoms. The molecule has 1 fully saturated rings. The Morgan fingerprint density at radius 3 is 2.44 bits per heavy atom. The Kier molecular flexibility index (Phi) is 5.06. The topological polar surface area (TPSA) is 38.0 Å². The maximum atomic E-state index is 5.91. The Balaban J connectivity index is 1.86. The van der Waals surface area contributed by atoms with Crippen molar-refractivity contribution < 1.29 is 0 Å². The third kappa shape index (κ3) is 4.02. The molecule has 0 amide bonds. The molecule has 1 aromatic rings. The lowest BCUT2D eigenvalue weighted by Gasteiger charge is -2.27. The molecule has 0 radical (unpaired) electrons. The molecule has 0 heterocycles. The van der Waals surface area contributed by atoms with Crippen LogP contribution in [-0.4, -0.2) is 12.6 Å². The van der Waals surface area contributed by atoms with Crippen molar-refractivity contribution in [1.29, 1.82) is 0 Å². The fourth-order valence-corrected chi connectivity index (χ4v) is 2.92. The van der Waals surface area contributed by atoms with Crippen molar-refractivity contribution in [3.63, 3.8) is 0 Å². The summed E-state index contributed by atoms with van der Waals surface area (Å²) in [7, 11) is 0. The van der Waals surface area contributed by atoms with E-state index in [0.29, 0.717) is 6.04 Å². The van der Waals surface area contributed by atoms with Crippen LogP contribution in [0.1, 0.15) is 44.1 Å². The van der Waals surface area contributed by atoms with Gasteiger partial charge in [0.2, 0.25) is 0 Å². The summed E-state index contributed by atoms with van der Waals surface area (Å²) in [6.07, 6.45) is 8.26. The number of hydrogen-bond donors (Lipinski definition) is 2. The van der Waals surface area contributed by atoms with Gasteiger partial charge in [-0.3, -0.25) is 0 Å². The smallest absolute Gasteiger partial charge is 0.0386 e. The zero-order valence-electron chi connectivity index (χ0n) is 11.5. The van der Waals surface area contributed by atoms with Crippen LogP contribution < -0.4 is 11.1 Å². The average molecular weight is 246 g/mol. The summed E-state index contributed by atoms with van der Waals surface area (Å²) >= 11 is 0. The van der Waals surface area contributed by atoms with E-state index in [1.54, 1.807) is 0 Å². The molecular formula is C16H26N2. The largest absolute Gasteiger partial charge is 0.381 e. The summed E-state index contributed by atoms with van der Waals surface area (Å²) in [6, 6.07) is 9.03. The Bertz CT molecular complexity index is 339. The van der Waals surface area contributed by atoms with Gasteiger partial charge < -0.3 is 11.1 Å². The summed E-state index contributed by atoms with van der Waals surface area (Å²) < 4.78 is 0. The molecule has 2 rings (SSSR count). The predicted molar refractivity (Wildman–Crippen MR) is 78.8 cm³/mol. The molecule has 0 spiro atoms. The standard InChI is InChI=1S/C16H26N2/c1-13-7-9-15(10-8-13)18-16(12-17)11-14-5-3-2-4-6-14/h7-10,14,16,18H,2-6,11-12,17H2,1H3. The molecule has 2 nitrogen and oxygen atoms in total. The van der Waals surface area contributed by atoms with Crippen molar-refractivity contribution in [2.75, 3.05) is 11.9 Å². The number of rotatable bonds is 5. The second-order valence-corrected chi connectivity index (χ2v) is 5.68. The highest BCUT2D eigenvalue weighted by Crippen LogP contribution is 2.28. The van der Waals surface area contributed by atoms with Crippen molar-refractivity contribution in [2.24, 2.45) is 11.7 Å². The van der Waals surface area contributed by atoms with E-state index in [1.165, 1.54) is 49.8 Å². The van der Waals surface area contributed by atoms with Gasteiger partial charge in [-0.25, -0.2) is 0 Å². The quantitative estimate of drug-likeness (QED) is 0.831. The molecule has 0 bridgehead atoms. The minimum absolute atomic E-state index is 0.427. The first-order chi connectivity index (χ1) is 8.78. The molecule has 1 aromatic carbocycles. The van der Waals surface area contributed by atoms with Crippen LogP contribution in [0.2, 0.25) is 0 Å². The lowest BCUT2D eigenvalue weighted by molar-refractivity contribution is 0.324. The van der Waals surface area contributed by atoms with E-state index in [0.717, 1.165) is 12.5 Å². The molecule has 0 saturated heterocycles. The number of anilines is 1. The van der Waals surface area contributed by atoms with Crippen LogP contribution in [0.25, 0.3) is 0 Å². The molecule has 1 saturated carbocycles. The average Bonchev–Trinajstić information content (AvgIpc) is 2.41. The highest BCUT2D eigenvalue weighted by Gasteiger charge is 2.17. The maximum absolute atomic E-state index is 5.91. The molecule has 1 aliphatic rings. The predicted octanol–water partition coefficient (Wildman–Crippen LogP) is 3.70. The Morgan fingerprint density at radius 1 is 1.17 bits per heavy atom. The minimum atomic E-state index is 0.427. The molecule has 1 atom stereocenters. The molecule has 0 aromatic heterocycles. The Hall–Kier alpha value is -1.02. The highest BCUT2D eigenvalue weighted by atomic mass is 14.9. The molecular weight excluding hydrogens is 220 g/mol. The second-order valence-electron chi connectivity index (χ2n) is 5.68. The molecule has 2 heteroatoms. The van der Waals surface area contributed by atoms with Crippen LogP contribution >= 0.6 is 0 Å². The number of nitrogens with two attached hydrogens (primary N) is 1. The van der Waals surface area contributed by atoms with Crippen LogP contribution in [0, 0.1) is 12.8 Å². The van der Waals surface area contributed by atoms with Crippen LogP contribution in [0.5, 0.6) is 0 Å². The lowest BCUT2D eigenvalue weighted by Crippen LogP contribution is -2.31. The SMILES string of the molecule is Cc1ccc(NC(CN)CC2CCCCC2)cc1. The van der Waals surface area contributed by atoms with Crippen LogP contribution in [0.15, 0.2) is 24.3 Å². The monoisotopic (exact) mass is 246 g/mol.